The lowest BCUT2D eigenvalue weighted by atomic mass is 10.0. The third-order valence-corrected chi connectivity index (χ3v) is 9.09. The van der Waals surface area contributed by atoms with Crippen molar-refractivity contribution in [2.75, 3.05) is 22.5 Å². The quantitative estimate of drug-likeness (QED) is 0.535. The minimum absolute atomic E-state index is 0.0716. The van der Waals surface area contributed by atoms with Crippen LogP contribution in [0, 0.1) is 5.92 Å². The lowest BCUT2D eigenvalue weighted by molar-refractivity contribution is -0.119. The number of fused-ring (bicyclic) bond motifs is 1. The highest BCUT2D eigenvalue weighted by molar-refractivity contribution is 9.10. The first-order chi connectivity index (χ1) is 15.7. The molecule has 0 atom stereocenters. The molecule has 1 aliphatic carbocycles. The molecule has 0 unspecified atom stereocenters. The van der Waals surface area contributed by atoms with E-state index in [0.29, 0.717) is 23.1 Å². The number of nitrogens with zero attached hydrogens (tertiary/aromatic N) is 1. The Hall–Kier alpha value is -2.19. The van der Waals surface area contributed by atoms with Crippen molar-refractivity contribution in [2.24, 2.45) is 5.92 Å². The van der Waals surface area contributed by atoms with Gasteiger partial charge in [0, 0.05) is 34.7 Å². The van der Waals surface area contributed by atoms with Crippen LogP contribution in [0.25, 0.3) is 0 Å². The summed E-state index contributed by atoms with van der Waals surface area (Å²) in [4.78, 5) is 27.2. The van der Waals surface area contributed by atoms with Crippen LogP contribution < -0.4 is 10.2 Å². The Labute approximate surface area is 203 Å². The molecule has 1 fully saturated rings. The fraction of sp³-hybridized carbons (Fsp3) is 0.440. The van der Waals surface area contributed by atoms with Crippen molar-refractivity contribution in [3.63, 3.8) is 0 Å². The van der Waals surface area contributed by atoms with E-state index in [1.165, 1.54) is 0 Å². The highest BCUT2D eigenvalue weighted by Gasteiger charge is 2.37. The summed E-state index contributed by atoms with van der Waals surface area (Å²) in [6, 6.07) is 9.32. The highest BCUT2D eigenvalue weighted by Crippen LogP contribution is 2.39. The zero-order valence-corrected chi connectivity index (χ0v) is 21.4. The van der Waals surface area contributed by atoms with Crippen molar-refractivity contribution >= 4 is 49.0 Å². The summed E-state index contributed by atoms with van der Waals surface area (Å²) < 4.78 is 26.8. The van der Waals surface area contributed by atoms with Gasteiger partial charge in [0.15, 0.2) is 9.84 Å². The van der Waals surface area contributed by atoms with E-state index in [4.69, 9.17) is 0 Å². The second-order valence-electron chi connectivity index (χ2n) is 8.70. The Morgan fingerprint density at radius 3 is 2.39 bits per heavy atom. The molecule has 4 rings (SSSR count). The zero-order chi connectivity index (χ0) is 23.8. The van der Waals surface area contributed by atoms with E-state index in [0.717, 1.165) is 48.1 Å². The topological polar surface area (TPSA) is 83.6 Å². The molecule has 1 aliphatic heterocycles. The largest absolute Gasteiger partial charge is 0.326 e. The fourth-order valence-corrected chi connectivity index (χ4v) is 6.80. The van der Waals surface area contributed by atoms with Crippen LogP contribution in [-0.2, 0) is 38.7 Å². The van der Waals surface area contributed by atoms with Crippen molar-refractivity contribution in [1.29, 1.82) is 0 Å². The van der Waals surface area contributed by atoms with E-state index in [-0.39, 0.29) is 34.8 Å². The molecule has 0 spiro atoms. The number of halogens is 1. The maximum atomic E-state index is 13.2. The van der Waals surface area contributed by atoms with Gasteiger partial charge in [-0.3, -0.25) is 9.59 Å². The SMILES string of the molecule is CCc1cccc(CC)c1NC(=O)CCS(=O)(=O)c1cc2c(cc1Br)CCN2C(=O)C1CC1. The molecule has 8 heteroatoms. The maximum absolute atomic E-state index is 13.2. The maximum Gasteiger partial charge on any atom is 0.230 e. The molecule has 1 N–H and O–H groups in total. The average molecular weight is 533 g/mol. The molecule has 6 nitrogen and oxygen atoms in total. The lowest BCUT2D eigenvalue weighted by Crippen LogP contribution is -2.30. The van der Waals surface area contributed by atoms with Gasteiger partial charge < -0.3 is 10.2 Å². The molecule has 0 aromatic heterocycles. The van der Waals surface area contributed by atoms with Gasteiger partial charge in [-0.2, -0.15) is 0 Å². The summed E-state index contributed by atoms with van der Waals surface area (Å²) in [5.74, 6) is -0.470. The van der Waals surface area contributed by atoms with Crippen molar-refractivity contribution in [3.05, 3.63) is 51.5 Å². The Balaban J connectivity index is 1.50. The van der Waals surface area contributed by atoms with E-state index in [9.17, 15) is 18.0 Å². The number of hydrogen-bond donors (Lipinski definition) is 1. The number of carbonyl (C=O) groups is 2. The minimum Gasteiger partial charge on any atom is -0.326 e. The van der Waals surface area contributed by atoms with Gasteiger partial charge in [0.05, 0.1) is 10.6 Å². The van der Waals surface area contributed by atoms with Crippen LogP contribution >= 0.6 is 15.9 Å². The number of anilines is 2. The molecule has 0 bridgehead atoms. The molecular weight excluding hydrogens is 504 g/mol. The summed E-state index contributed by atoms with van der Waals surface area (Å²) in [5, 5.41) is 2.93. The number of benzene rings is 2. The van der Waals surface area contributed by atoms with E-state index in [2.05, 4.69) is 21.2 Å². The van der Waals surface area contributed by atoms with Crippen LogP contribution in [0.5, 0.6) is 0 Å². The van der Waals surface area contributed by atoms with E-state index >= 15 is 0 Å². The molecule has 176 valence electrons. The number of sulfone groups is 1. The third kappa shape index (κ3) is 5.01. The standard InChI is InChI=1S/C25H29BrN2O4S/c1-3-16-6-5-7-17(4-2)24(16)27-23(29)11-13-33(31,32)22-15-21-19(14-20(22)26)10-12-28(21)25(30)18-8-9-18/h5-7,14-15,18H,3-4,8-13H2,1-2H3,(H,27,29). The molecule has 2 aliphatic rings. The molecule has 33 heavy (non-hydrogen) atoms. The molecule has 1 saturated carbocycles. The van der Waals surface area contributed by atoms with Crippen LogP contribution in [0.15, 0.2) is 39.7 Å². The molecule has 2 amide bonds. The summed E-state index contributed by atoms with van der Waals surface area (Å²) in [6.07, 6.45) is 3.94. The van der Waals surface area contributed by atoms with Crippen LogP contribution in [0.2, 0.25) is 0 Å². The van der Waals surface area contributed by atoms with Gasteiger partial charge in [-0.25, -0.2) is 8.42 Å². The van der Waals surface area contributed by atoms with Crippen molar-refractivity contribution in [2.45, 2.75) is 57.3 Å². The Kier molecular flexibility index (Phi) is 6.96. The van der Waals surface area contributed by atoms with Gasteiger partial charge in [0.2, 0.25) is 11.8 Å². The molecule has 2 aromatic rings. The Morgan fingerprint density at radius 1 is 1.12 bits per heavy atom. The predicted molar refractivity (Wildman–Crippen MR) is 133 cm³/mol. The molecule has 2 aromatic carbocycles. The van der Waals surface area contributed by atoms with Crippen molar-refractivity contribution < 1.29 is 18.0 Å². The van der Waals surface area contributed by atoms with Crippen LogP contribution in [-0.4, -0.2) is 32.5 Å². The van der Waals surface area contributed by atoms with Crippen LogP contribution in [0.3, 0.4) is 0 Å². The van der Waals surface area contributed by atoms with Crippen molar-refractivity contribution in [3.8, 4) is 0 Å². The van der Waals surface area contributed by atoms with Gasteiger partial charge in [-0.1, -0.05) is 32.0 Å². The second kappa shape index (κ2) is 9.58. The first kappa shape index (κ1) is 24.0. The smallest absolute Gasteiger partial charge is 0.230 e. The number of amides is 2. The number of rotatable bonds is 8. The number of para-hydroxylation sites is 1. The van der Waals surface area contributed by atoms with Gasteiger partial charge in [0.1, 0.15) is 0 Å². The average Bonchev–Trinajstić information content (AvgIpc) is 3.57. The zero-order valence-electron chi connectivity index (χ0n) is 19.0. The summed E-state index contributed by atoms with van der Waals surface area (Å²) in [7, 11) is -3.73. The van der Waals surface area contributed by atoms with E-state index in [1.54, 1.807) is 17.0 Å². The number of nitrogens with one attached hydrogen (secondary N) is 1. The number of carbonyl (C=O) groups excluding carboxylic acids is 2. The van der Waals surface area contributed by atoms with E-state index < -0.39 is 9.84 Å². The first-order valence-corrected chi connectivity index (χ1v) is 14.0. The van der Waals surface area contributed by atoms with Gasteiger partial charge in [-0.15, -0.1) is 0 Å². The monoisotopic (exact) mass is 532 g/mol. The Bertz CT molecular complexity index is 1180. The number of aryl methyl sites for hydroxylation is 2. The molecule has 0 radical (unpaired) electrons. The van der Waals surface area contributed by atoms with E-state index in [1.807, 2.05) is 32.0 Å². The second-order valence-corrected chi connectivity index (χ2v) is 11.6. The summed E-state index contributed by atoms with van der Waals surface area (Å²) in [6.45, 7) is 4.63. The normalized spacial score (nSPS) is 15.4. The summed E-state index contributed by atoms with van der Waals surface area (Å²) in [5.41, 5.74) is 4.51. The lowest BCUT2D eigenvalue weighted by Gasteiger charge is -2.18. The fourth-order valence-electron chi connectivity index (χ4n) is 4.35. The Morgan fingerprint density at radius 2 is 1.79 bits per heavy atom. The van der Waals surface area contributed by atoms with Gasteiger partial charge in [0.25, 0.3) is 0 Å². The predicted octanol–water partition coefficient (Wildman–Crippen LogP) is 4.68. The molecular formula is C25H29BrN2O4S. The third-order valence-electron chi connectivity index (χ3n) is 6.42. The van der Waals surface area contributed by atoms with Crippen molar-refractivity contribution in [1.82, 2.24) is 0 Å². The van der Waals surface area contributed by atoms with Gasteiger partial charge in [-0.05, 0) is 76.9 Å². The molecule has 0 saturated heterocycles. The van der Waals surface area contributed by atoms with Crippen LogP contribution in [0.1, 0.15) is 49.8 Å². The van der Waals surface area contributed by atoms with Crippen LogP contribution in [0.4, 0.5) is 11.4 Å². The number of hydrogen-bond acceptors (Lipinski definition) is 4. The minimum atomic E-state index is -3.73. The molecule has 1 heterocycles. The summed E-state index contributed by atoms with van der Waals surface area (Å²) >= 11 is 3.40. The first-order valence-electron chi connectivity index (χ1n) is 11.5. The van der Waals surface area contributed by atoms with Gasteiger partial charge >= 0.3 is 0 Å². The highest BCUT2D eigenvalue weighted by atomic mass is 79.9.